The maximum atomic E-state index is 13.1. The van der Waals surface area contributed by atoms with E-state index in [1.807, 2.05) is 32.9 Å². The van der Waals surface area contributed by atoms with Gasteiger partial charge in [0.2, 0.25) is 0 Å². The standard InChI is InChI=1S/C25H28FNO4S2/c1-24(2,3)31-22(29)25(4,5)33-23-27-20(15-32-23)21(28)14-30-19-12-8-17(9-13-19)16-6-10-18(26)11-7-16/h6-13,20H,14-15H2,1-5H3. The highest BCUT2D eigenvalue weighted by Crippen LogP contribution is 2.36. The molecule has 176 valence electrons. The fraction of sp³-hybridized carbons (Fsp3) is 0.400. The molecule has 5 nitrogen and oxygen atoms in total. The van der Waals surface area contributed by atoms with E-state index < -0.39 is 16.4 Å². The molecule has 0 aliphatic carbocycles. The molecule has 33 heavy (non-hydrogen) atoms. The van der Waals surface area contributed by atoms with E-state index >= 15 is 0 Å². The molecule has 0 saturated heterocycles. The molecule has 2 aromatic carbocycles. The van der Waals surface area contributed by atoms with Crippen molar-refractivity contribution in [3.63, 3.8) is 0 Å². The summed E-state index contributed by atoms with van der Waals surface area (Å²) in [6, 6.07) is 13.1. The first-order chi connectivity index (χ1) is 15.4. The lowest BCUT2D eigenvalue weighted by molar-refractivity contribution is -0.156. The van der Waals surface area contributed by atoms with Crippen molar-refractivity contribution in [1.29, 1.82) is 0 Å². The van der Waals surface area contributed by atoms with Crippen LogP contribution in [0, 0.1) is 5.82 Å². The second-order valence-electron chi connectivity index (χ2n) is 9.12. The third kappa shape index (κ3) is 7.33. The van der Waals surface area contributed by atoms with Crippen LogP contribution in [0.1, 0.15) is 34.6 Å². The van der Waals surface area contributed by atoms with Crippen molar-refractivity contribution in [2.45, 2.75) is 51.0 Å². The van der Waals surface area contributed by atoms with Gasteiger partial charge in [-0.2, -0.15) is 0 Å². The van der Waals surface area contributed by atoms with Gasteiger partial charge in [0.05, 0.1) is 0 Å². The molecule has 0 N–H and O–H groups in total. The Morgan fingerprint density at radius 2 is 1.61 bits per heavy atom. The molecule has 1 atom stereocenters. The quantitative estimate of drug-likeness (QED) is 0.461. The van der Waals surface area contributed by atoms with Crippen LogP contribution in [0.5, 0.6) is 5.75 Å². The van der Waals surface area contributed by atoms with Crippen LogP contribution in [-0.2, 0) is 14.3 Å². The fourth-order valence-corrected chi connectivity index (χ4v) is 5.44. The smallest absolute Gasteiger partial charge is 0.322 e. The summed E-state index contributed by atoms with van der Waals surface area (Å²) in [7, 11) is 0. The number of carbonyl (C=O) groups is 2. The van der Waals surface area contributed by atoms with Gasteiger partial charge in [0.1, 0.15) is 38.9 Å². The predicted molar refractivity (Wildman–Crippen MR) is 134 cm³/mol. The molecule has 1 unspecified atom stereocenters. The maximum absolute atomic E-state index is 13.1. The van der Waals surface area contributed by atoms with Crippen molar-refractivity contribution in [3.05, 3.63) is 54.3 Å². The summed E-state index contributed by atoms with van der Waals surface area (Å²) in [4.78, 5) is 29.6. The molecule has 8 heteroatoms. The Kier molecular flexibility index (Phi) is 7.90. The van der Waals surface area contributed by atoms with Gasteiger partial charge in [-0.25, -0.2) is 4.39 Å². The number of ketones is 1. The zero-order chi connectivity index (χ0) is 24.2. The molecule has 3 rings (SSSR count). The molecule has 0 radical (unpaired) electrons. The number of ether oxygens (including phenoxy) is 2. The number of carbonyl (C=O) groups excluding carboxylic acids is 2. The molecule has 0 saturated carbocycles. The molecule has 0 spiro atoms. The first-order valence-electron chi connectivity index (χ1n) is 10.6. The summed E-state index contributed by atoms with van der Waals surface area (Å²) in [5, 5.41) is 0. The number of thioether (sulfide) groups is 2. The van der Waals surface area contributed by atoms with Crippen LogP contribution in [0.25, 0.3) is 11.1 Å². The zero-order valence-corrected chi connectivity index (χ0v) is 21.0. The summed E-state index contributed by atoms with van der Waals surface area (Å²) >= 11 is 2.78. The molecule has 0 aromatic heterocycles. The van der Waals surface area contributed by atoms with Gasteiger partial charge in [-0.1, -0.05) is 47.8 Å². The van der Waals surface area contributed by atoms with Crippen LogP contribution in [0.4, 0.5) is 4.39 Å². The van der Waals surface area contributed by atoms with Crippen LogP contribution < -0.4 is 4.74 Å². The molecule has 2 aromatic rings. The summed E-state index contributed by atoms with van der Waals surface area (Å²) in [5.74, 6) is 0.393. The van der Waals surface area contributed by atoms with Crippen LogP contribution in [-0.4, -0.2) is 44.9 Å². The van der Waals surface area contributed by atoms with E-state index in [-0.39, 0.29) is 24.2 Å². The number of benzene rings is 2. The number of rotatable bonds is 7. The van der Waals surface area contributed by atoms with Gasteiger partial charge in [-0.15, -0.1) is 0 Å². The molecule has 0 amide bonds. The number of hydrogen-bond donors (Lipinski definition) is 0. The lowest BCUT2D eigenvalue weighted by Gasteiger charge is -2.27. The summed E-state index contributed by atoms with van der Waals surface area (Å²) in [6.45, 7) is 9.00. The average molecular weight is 490 g/mol. The maximum Gasteiger partial charge on any atom is 0.322 e. The number of Topliss-reactive ketones (excluding diaryl/α,β-unsaturated/α-hetero) is 1. The van der Waals surface area contributed by atoms with Gasteiger partial charge in [0.25, 0.3) is 0 Å². The minimum absolute atomic E-state index is 0.0853. The highest BCUT2D eigenvalue weighted by Gasteiger charge is 2.37. The van der Waals surface area contributed by atoms with Crippen molar-refractivity contribution >= 4 is 39.7 Å². The van der Waals surface area contributed by atoms with Gasteiger partial charge in [0.15, 0.2) is 5.78 Å². The molecule has 0 bridgehead atoms. The molecule has 1 heterocycles. The van der Waals surface area contributed by atoms with Gasteiger partial charge in [-0.3, -0.25) is 14.6 Å². The predicted octanol–water partition coefficient (Wildman–Crippen LogP) is 5.77. The molecule has 1 aliphatic heterocycles. The zero-order valence-electron chi connectivity index (χ0n) is 19.4. The number of hydrogen-bond acceptors (Lipinski definition) is 7. The lowest BCUT2D eigenvalue weighted by atomic mass is 10.1. The highest BCUT2D eigenvalue weighted by molar-refractivity contribution is 8.39. The van der Waals surface area contributed by atoms with E-state index in [1.165, 1.54) is 35.7 Å². The van der Waals surface area contributed by atoms with Crippen LogP contribution in [0.2, 0.25) is 0 Å². The third-order valence-corrected chi connectivity index (χ3v) is 7.04. The van der Waals surface area contributed by atoms with Crippen molar-refractivity contribution in [3.8, 4) is 16.9 Å². The van der Waals surface area contributed by atoms with Gasteiger partial charge in [0, 0.05) is 5.75 Å². The summed E-state index contributed by atoms with van der Waals surface area (Å²) in [5.41, 5.74) is 1.27. The van der Waals surface area contributed by atoms with Crippen LogP contribution in [0.3, 0.4) is 0 Å². The summed E-state index contributed by atoms with van der Waals surface area (Å²) < 4.78 is 24.1. The van der Waals surface area contributed by atoms with Gasteiger partial charge >= 0.3 is 5.97 Å². The minimum Gasteiger partial charge on any atom is -0.486 e. The molecule has 0 fully saturated rings. The summed E-state index contributed by atoms with van der Waals surface area (Å²) in [6.07, 6.45) is 0. The molecule has 1 aliphatic rings. The Bertz CT molecular complexity index is 1030. The first kappa shape index (κ1) is 25.3. The van der Waals surface area contributed by atoms with E-state index in [2.05, 4.69) is 4.99 Å². The second kappa shape index (κ2) is 10.3. The van der Waals surface area contributed by atoms with E-state index in [4.69, 9.17) is 9.47 Å². The first-order valence-corrected chi connectivity index (χ1v) is 12.4. The Balaban J connectivity index is 1.53. The molecular weight excluding hydrogens is 461 g/mol. The largest absolute Gasteiger partial charge is 0.486 e. The highest BCUT2D eigenvalue weighted by atomic mass is 32.2. The monoisotopic (exact) mass is 489 g/mol. The number of aliphatic imine (C=N–C) groups is 1. The van der Waals surface area contributed by atoms with E-state index in [0.29, 0.717) is 15.9 Å². The van der Waals surface area contributed by atoms with Crippen LogP contribution in [0.15, 0.2) is 53.5 Å². The van der Waals surface area contributed by atoms with E-state index in [1.54, 1.807) is 38.1 Å². The van der Waals surface area contributed by atoms with Crippen molar-refractivity contribution in [2.24, 2.45) is 4.99 Å². The topological polar surface area (TPSA) is 65.0 Å². The lowest BCUT2D eigenvalue weighted by Crippen LogP contribution is -2.36. The molecular formula is C25H28FNO4S2. The Morgan fingerprint density at radius 1 is 1.03 bits per heavy atom. The fourth-order valence-electron chi connectivity index (χ4n) is 2.87. The number of halogens is 1. The van der Waals surface area contributed by atoms with E-state index in [0.717, 1.165) is 11.1 Å². The van der Waals surface area contributed by atoms with Gasteiger partial charge in [-0.05, 0) is 70.0 Å². The number of nitrogens with zero attached hydrogens (tertiary/aromatic N) is 1. The van der Waals surface area contributed by atoms with Crippen molar-refractivity contribution < 1.29 is 23.5 Å². The SMILES string of the molecule is CC(C)(C)OC(=O)C(C)(C)SC1=NC(C(=O)COc2ccc(-c3ccc(F)cc3)cc2)CS1. The average Bonchev–Trinajstić information content (AvgIpc) is 3.19. The van der Waals surface area contributed by atoms with Crippen molar-refractivity contribution in [1.82, 2.24) is 0 Å². The number of esters is 1. The third-order valence-electron chi connectivity index (χ3n) is 4.64. The Morgan fingerprint density at radius 3 is 2.18 bits per heavy atom. The normalized spacial score (nSPS) is 16.3. The van der Waals surface area contributed by atoms with Crippen LogP contribution >= 0.6 is 23.5 Å². The Hall–Kier alpha value is -2.32. The minimum atomic E-state index is -0.806. The van der Waals surface area contributed by atoms with Gasteiger partial charge < -0.3 is 9.47 Å². The second-order valence-corrected chi connectivity index (χ2v) is 12.0. The Labute approximate surface area is 202 Å². The van der Waals surface area contributed by atoms with E-state index in [9.17, 15) is 14.0 Å². The van der Waals surface area contributed by atoms with Crippen molar-refractivity contribution in [2.75, 3.05) is 12.4 Å².